The van der Waals surface area contributed by atoms with Crippen LogP contribution in [0.5, 0.6) is 0 Å². The minimum atomic E-state index is 0.571. The highest BCUT2D eigenvalue weighted by atomic mass is 14.9. The number of hydrogen-bond donors (Lipinski definition) is 1. The van der Waals surface area contributed by atoms with Crippen molar-refractivity contribution in [1.82, 2.24) is 10.3 Å². The average molecular weight is 282 g/mol. The second-order valence-electron chi connectivity index (χ2n) is 6.44. The van der Waals surface area contributed by atoms with Crippen LogP contribution >= 0.6 is 0 Å². The van der Waals surface area contributed by atoms with E-state index in [2.05, 4.69) is 55.6 Å². The maximum Gasteiger partial charge on any atom is 0.0705 e. The fourth-order valence-electron chi connectivity index (χ4n) is 3.86. The van der Waals surface area contributed by atoms with E-state index in [-0.39, 0.29) is 0 Å². The van der Waals surface area contributed by atoms with Crippen LogP contribution in [0.4, 0.5) is 0 Å². The summed E-state index contributed by atoms with van der Waals surface area (Å²) in [6.07, 6.45) is 5.19. The molecule has 2 nitrogen and oxygen atoms in total. The highest BCUT2D eigenvalue weighted by molar-refractivity contribution is 5.78. The van der Waals surface area contributed by atoms with E-state index in [0.717, 1.165) is 30.3 Å². The highest BCUT2D eigenvalue weighted by Crippen LogP contribution is 2.34. The van der Waals surface area contributed by atoms with Gasteiger partial charge in [0.05, 0.1) is 5.52 Å². The first-order chi connectivity index (χ1) is 10.3. The second-order valence-corrected chi connectivity index (χ2v) is 6.44. The maximum atomic E-state index is 4.85. The summed E-state index contributed by atoms with van der Waals surface area (Å²) in [5.74, 6) is 1.65. The van der Waals surface area contributed by atoms with Crippen LogP contribution in [0.3, 0.4) is 0 Å². The molecule has 0 aliphatic heterocycles. The van der Waals surface area contributed by atoms with Crippen LogP contribution < -0.4 is 5.32 Å². The van der Waals surface area contributed by atoms with Gasteiger partial charge < -0.3 is 5.32 Å². The Hall–Kier alpha value is -1.41. The molecular weight excluding hydrogens is 256 g/mol. The Morgan fingerprint density at radius 1 is 1.19 bits per heavy atom. The number of fused-ring (bicyclic) bond motifs is 1. The molecule has 0 amide bonds. The van der Waals surface area contributed by atoms with Gasteiger partial charge in [-0.3, -0.25) is 4.98 Å². The number of hydrogen-bond acceptors (Lipinski definition) is 2. The molecule has 0 saturated heterocycles. The molecule has 1 aliphatic carbocycles. The molecule has 1 fully saturated rings. The van der Waals surface area contributed by atoms with E-state index in [0.29, 0.717) is 6.04 Å². The van der Waals surface area contributed by atoms with Crippen molar-refractivity contribution < 1.29 is 0 Å². The number of rotatable bonds is 5. The van der Waals surface area contributed by atoms with Crippen LogP contribution in [0.25, 0.3) is 10.9 Å². The monoisotopic (exact) mass is 282 g/mol. The molecule has 0 bridgehead atoms. The van der Waals surface area contributed by atoms with E-state index < -0.39 is 0 Å². The molecule has 1 aromatic carbocycles. The lowest BCUT2D eigenvalue weighted by Crippen LogP contribution is -2.39. The van der Waals surface area contributed by atoms with E-state index in [1.54, 1.807) is 0 Å². The summed E-state index contributed by atoms with van der Waals surface area (Å²) in [5, 5.41) is 4.94. The van der Waals surface area contributed by atoms with Crippen molar-refractivity contribution >= 4 is 10.9 Å². The normalized spacial score (nSPS) is 23.5. The summed E-state index contributed by atoms with van der Waals surface area (Å²) in [6, 6.07) is 13.4. The smallest absolute Gasteiger partial charge is 0.0705 e. The first-order valence-electron chi connectivity index (χ1n) is 8.36. The number of nitrogens with one attached hydrogen (secondary N) is 1. The molecule has 0 spiro atoms. The van der Waals surface area contributed by atoms with Crippen LogP contribution in [-0.2, 0) is 6.42 Å². The fourth-order valence-corrected chi connectivity index (χ4v) is 3.86. The van der Waals surface area contributed by atoms with Crippen LogP contribution in [-0.4, -0.2) is 17.6 Å². The van der Waals surface area contributed by atoms with Crippen LogP contribution in [0.2, 0.25) is 0 Å². The fraction of sp³-hybridized carbons (Fsp3) is 0.526. The number of pyridine rings is 1. The third-order valence-electron chi connectivity index (χ3n) is 5.00. The van der Waals surface area contributed by atoms with Gasteiger partial charge in [-0.1, -0.05) is 51.0 Å². The van der Waals surface area contributed by atoms with Crippen molar-refractivity contribution in [2.24, 2.45) is 11.8 Å². The third kappa shape index (κ3) is 3.26. The minimum Gasteiger partial charge on any atom is -0.314 e. The summed E-state index contributed by atoms with van der Waals surface area (Å²) in [5.41, 5.74) is 2.34. The van der Waals surface area contributed by atoms with Gasteiger partial charge in [-0.2, -0.15) is 0 Å². The SMILES string of the molecule is CCNC(Cc1ccc2ccccc2n1)C1CCCC1C. The van der Waals surface area contributed by atoms with Crippen LogP contribution in [0, 0.1) is 11.8 Å². The zero-order valence-corrected chi connectivity index (χ0v) is 13.2. The van der Waals surface area contributed by atoms with Crippen LogP contribution in [0.1, 0.15) is 38.8 Å². The lowest BCUT2D eigenvalue weighted by molar-refractivity contribution is 0.297. The Morgan fingerprint density at radius 3 is 2.81 bits per heavy atom. The van der Waals surface area contributed by atoms with E-state index >= 15 is 0 Å². The number of para-hydroxylation sites is 1. The van der Waals surface area contributed by atoms with Crippen LogP contribution in [0.15, 0.2) is 36.4 Å². The number of benzene rings is 1. The first kappa shape index (κ1) is 14.5. The summed E-state index contributed by atoms with van der Waals surface area (Å²) < 4.78 is 0. The average Bonchev–Trinajstić information content (AvgIpc) is 2.93. The van der Waals surface area contributed by atoms with Crippen molar-refractivity contribution in [1.29, 1.82) is 0 Å². The lowest BCUT2D eigenvalue weighted by Gasteiger charge is -2.27. The molecular formula is C19H26N2. The van der Waals surface area contributed by atoms with Gasteiger partial charge in [-0.25, -0.2) is 0 Å². The third-order valence-corrected chi connectivity index (χ3v) is 5.00. The molecule has 3 atom stereocenters. The Morgan fingerprint density at radius 2 is 2.05 bits per heavy atom. The molecule has 21 heavy (non-hydrogen) atoms. The summed E-state index contributed by atoms with van der Waals surface area (Å²) >= 11 is 0. The number of likely N-dealkylation sites (N-methyl/N-ethyl adjacent to an activating group) is 1. The molecule has 2 heteroatoms. The number of nitrogens with zero attached hydrogens (tertiary/aromatic N) is 1. The van der Waals surface area contributed by atoms with Gasteiger partial charge in [0.25, 0.3) is 0 Å². The second kappa shape index (κ2) is 6.57. The molecule has 2 aromatic rings. The Labute approximate surface area is 128 Å². The molecule has 0 radical (unpaired) electrons. The van der Waals surface area contributed by atoms with Gasteiger partial charge in [0, 0.05) is 23.5 Å². The standard InChI is InChI=1S/C19H26N2/c1-3-20-19(17-9-6-7-14(17)2)13-16-12-11-15-8-4-5-10-18(15)21-16/h4-5,8,10-12,14,17,19-20H,3,6-7,9,13H2,1-2H3. The van der Waals surface area contributed by atoms with E-state index in [1.807, 2.05) is 0 Å². The zero-order valence-electron chi connectivity index (χ0n) is 13.2. The summed E-state index contributed by atoms with van der Waals surface area (Å²) in [6.45, 7) is 5.66. The Kier molecular flexibility index (Phi) is 4.54. The number of aromatic nitrogens is 1. The van der Waals surface area contributed by atoms with Crippen molar-refractivity contribution in [2.45, 2.75) is 45.6 Å². The van der Waals surface area contributed by atoms with Gasteiger partial charge in [-0.05, 0) is 36.9 Å². The van der Waals surface area contributed by atoms with E-state index in [9.17, 15) is 0 Å². The lowest BCUT2D eigenvalue weighted by atomic mass is 9.87. The predicted octanol–water partition coefficient (Wildman–Crippen LogP) is 4.19. The topological polar surface area (TPSA) is 24.9 Å². The first-order valence-corrected chi connectivity index (χ1v) is 8.36. The quantitative estimate of drug-likeness (QED) is 0.889. The molecule has 3 rings (SSSR count). The van der Waals surface area contributed by atoms with Crippen molar-refractivity contribution in [3.63, 3.8) is 0 Å². The van der Waals surface area contributed by atoms with Crippen molar-refractivity contribution in [2.75, 3.05) is 6.54 Å². The molecule has 1 N–H and O–H groups in total. The summed E-state index contributed by atoms with van der Waals surface area (Å²) in [7, 11) is 0. The molecule has 3 unspecified atom stereocenters. The van der Waals surface area contributed by atoms with E-state index in [4.69, 9.17) is 4.98 Å². The van der Waals surface area contributed by atoms with Gasteiger partial charge in [0.2, 0.25) is 0 Å². The van der Waals surface area contributed by atoms with Gasteiger partial charge in [0.15, 0.2) is 0 Å². The van der Waals surface area contributed by atoms with Crippen molar-refractivity contribution in [3.05, 3.63) is 42.1 Å². The summed E-state index contributed by atoms with van der Waals surface area (Å²) in [4.78, 5) is 4.85. The van der Waals surface area contributed by atoms with Crippen molar-refractivity contribution in [3.8, 4) is 0 Å². The molecule has 1 aromatic heterocycles. The largest absolute Gasteiger partial charge is 0.314 e. The molecule has 1 saturated carbocycles. The van der Waals surface area contributed by atoms with Gasteiger partial charge >= 0.3 is 0 Å². The molecule has 112 valence electrons. The highest BCUT2D eigenvalue weighted by Gasteiger charge is 2.30. The van der Waals surface area contributed by atoms with E-state index in [1.165, 1.54) is 30.3 Å². The van der Waals surface area contributed by atoms with Gasteiger partial charge in [0.1, 0.15) is 0 Å². The minimum absolute atomic E-state index is 0.571. The zero-order chi connectivity index (χ0) is 14.7. The Balaban J connectivity index is 1.80. The maximum absolute atomic E-state index is 4.85. The Bertz CT molecular complexity index is 593. The molecule has 1 heterocycles. The predicted molar refractivity (Wildman–Crippen MR) is 89.4 cm³/mol. The van der Waals surface area contributed by atoms with Gasteiger partial charge in [-0.15, -0.1) is 0 Å². The molecule has 1 aliphatic rings.